The molecule has 0 aliphatic carbocycles. The van der Waals surface area contributed by atoms with Crippen molar-refractivity contribution in [1.82, 2.24) is 14.9 Å². The maximum atomic E-state index is 12.6. The van der Waals surface area contributed by atoms with Crippen LogP contribution < -0.4 is 10.0 Å². The summed E-state index contributed by atoms with van der Waals surface area (Å²) in [7, 11) is -3.61. The van der Waals surface area contributed by atoms with Crippen LogP contribution in [0.3, 0.4) is 0 Å². The molecule has 2 N–H and O–H groups in total. The normalized spacial score (nSPS) is 11.7. The van der Waals surface area contributed by atoms with Crippen molar-refractivity contribution in [3.05, 3.63) is 98.4 Å². The molecular formula is C26H29Br2N3O3S. The minimum absolute atomic E-state index is 0.139. The van der Waals surface area contributed by atoms with Crippen molar-refractivity contribution in [2.75, 3.05) is 13.1 Å². The molecule has 3 rings (SSSR count). The van der Waals surface area contributed by atoms with E-state index < -0.39 is 10.0 Å². The van der Waals surface area contributed by atoms with Crippen molar-refractivity contribution in [1.29, 1.82) is 0 Å². The van der Waals surface area contributed by atoms with Gasteiger partial charge in [0.15, 0.2) is 0 Å². The van der Waals surface area contributed by atoms with Crippen molar-refractivity contribution in [2.45, 2.75) is 37.9 Å². The van der Waals surface area contributed by atoms with Crippen LogP contribution in [0.5, 0.6) is 0 Å². The zero-order valence-electron chi connectivity index (χ0n) is 19.7. The van der Waals surface area contributed by atoms with Gasteiger partial charge in [0.2, 0.25) is 10.0 Å². The van der Waals surface area contributed by atoms with Crippen molar-refractivity contribution in [3.63, 3.8) is 0 Å². The second-order valence-electron chi connectivity index (χ2n) is 8.42. The van der Waals surface area contributed by atoms with Gasteiger partial charge in [-0.1, -0.05) is 56.1 Å². The first-order valence-electron chi connectivity index (χ1n) is 11.2. The fourth-order valence-corrected chi connectivity index (χ4v) is 4.96. The molecule has 0 fully saturated rings. The molecule has 3 aromatic carbocycles. The van der Waals surface area contributed by atoms with Crippen molar-refractivity contribution in [2.24, 2.45) is 0 Å². The van der Waals surface area contributed by atoms with E-state index in [1.807, 2.05) is 12.1 Å². The molecule has 0 heterocycles. The number of nitrogens with one attached hydrogen (secondary N) is 2. The molecule has 1 amide bonds. The number of carbonyl (C=O) groups is 1. The average molecular weight is 623 g/mol. The van der Waals surface area contributed by atoms with Crippen LogP contribution in [-0.4, -0.2) is 38.4 Å². The molecule has 0 atom stereocenters. The number of carbonyl (C=O) groups excluding carboxylic acids is 1. The molecule has 0 aromatic heterocycles. The number of hydrogen-bond acceptors (Lipinski definition) is 4. The number of nitrogens with zero attached hydrogens (tertiary/aromatic N) is 1. The van der Waals surface area contributed by atoms with Crippen molar-refractivity contribution in [3.8, 4) is 0 Å². The number of amides is 1. The van der Waals surface area contributed by atoms with E-state index in [9.17, 15) is 13.2 Å². The summed E-state index contributed by atoms with van der Waals surface area (Å²) in [6.45, 7) is 6.50. The summed E-state index contributed by atoms with van der Waals surface area (Å²) in [5, 5.41) is 2.98. The highest BCUT2D eigenvalue weighted by molar-refractivity contribution is 9.10. The van der Waals surface area contributed by atoms with Gasteiger partial charge in [0.05, 0.1) is 4.90 Å². The summed E-state index contributed by atoms with van der Waals surface area (Å²) in [6, 6.07) is 22.0. The first-order chi connectivity index (χ1) is 16.6. The standard InChI is InChI=1S/C26H29Br2N3O3S/c1-19(2)31(18-21-5-9-23(27)10-6-21)16-15-29-26(32)22-7-3-20(4-8-22)17-30-35(33,34)25-13-11-24(28)12-14-25/h3-14,19,30H,15-18H2,1-2H3,(H,29,32). The Morgan fingerprint density at radius 1 is 0.857 bits per heavy atom. The largest absolute Gasteiger partial charge is 0.351 e. The Hall–Kier alpha value is -2.04. The summed E-state index contributed by atoms with van der Waals surface area (Å²) in [5.41, 5.74) is 2.52. The van der Waals surface area contributed by atoms with Gasteiger partial charge in [-0.2, -0.15) is 0 Å². The van der Waals surface area contributed by atoms with Gasteiger partial charge in [0, 0.05) is 46.7 Å². The SMILES string of the molecule is CC(C)N(CCNC(=O)c1ccc(CNS(=O)(=O)c2ccc(Br)cc2)cc1)Cc1ccc(Br)cc1. The highest BCUT2D eigenvalue weighted by Crippen LogP contribution is 2.16. The fraction of sp³-hybridized carbons (Fsp3) is 0.269. The van der Waals surface area contributed by atoms with E-state index in [0.29, 0.717) is 18.2 Å². The monoisotopic (exact) mass is 621 g/mol. The maximum absolute atomic E-state index is 12.6. The number of rotatable bonds is 11. The third kappa shape index (κ3) is 8.54. The quantitative estimate of drug-likeness (QED) is 0.303. The predicted octanol–water partition coefficient (Wildman–Crippen LogP) is 5.33. The third-order valence-electron chi connectivity index (χ3n) is 5.52. The molecule has 0 aliphatic rings. The molecule has 0 spiro atoms. The Bertz CT molecular complexity index is 1210. The average Bonchev–Trinajstić information content (AvgIpc) is 2.84. The summed E-state index contributed by atoms with van der Waals surface area (Å²) < 4.78 is 29.3. The Labute approximate surface area is 224 Å². The van der Waals surface area contributed by atoms with E-state index >= 15 is 0 Å². The van der Waals surface area contributed by atoms with E-state index in [1.165, 1.54) is 5.56 Å². The van der Waals surface area contributed by atoms with Gasteiger partial charge < -0.3 is 5.32 Å². The number of benzene rings is 3. The van der Waals surface area contributed by atoms with Gasteiger partial charge in [-0.05, 0) is 73.5 Å². The van der Waals surface area contributed by atoms with Crippen LogP contribution in [0.1, 0.15) is 35.3 Å². The molecule has 0 saturated carbocycles. The molecule has 3 aromatic rings. The van der Waals surface area contributed by atoms with Crippen LogP contribution in [-0.2, 0) is 23.1 Å². The minimum Gasteiger partial charge on any atom is -0.351 e. The molecule has 6 nitrogen and oxygen atoms in total. The van der Waals surface area contributed by atoms with Crippen LogP contribution in [0.25, 0.3) is 0 Å². The summed E-state index contributed by atoms with van der Waals surface area (Å²) in [6.07, 6.45) is 0. The van der Waals surface area contributed by atoms with Crippen LogP contribution in [0.4, 0.5) is 0 Å². The molecule has 0 unspecified atom stereocenters. The van der Waals surface area contributed by atoms with Gasteiger partial charge in [-0.15, -0.1) is 0 Å². The number of sulfonamides is 1. The Morgan fingerprint density at radius 3 is 1.97 bits per heavy atom. The van der Waals surface area contributed by atoms with Gasteiger partial charge >= 0.3 is 0 Å². The lowest BCUT2D eigenvalue weighted by molar-refractivity contribution is 0.0944. The van der Waals surface area contributed by atoms with Crippen LogP contribution in [0, 0.1) is 0 Å². The molecule has 0 radical (unpaired) electrons. The Kier molecular flexibility index (Phi) is 10.1. The van der Waals surface area contributed by atoms with Crippen LogP contribution in [0.2, 0.25) is 0 Å². The highest BCUT2D eigenvalue weighted by atomic mass is 79.9. The molecule has 9 heteroatoms. The van der Waals surface area contributed by atoms with Gasteiger partial charge in [0.1, 0.15) is 0 Å². The molecule has 0 aliphatic heterocycles. The maximum Gasteiger partial charge on any atom is 0.251 e. The highest BCUT2D eigenvalue weighted by Gasteiger charge is 2.14. The van der Waals surface area contributed by atoms with Crippen molar-refractivity contribution < 1.29 is 13.2 Å². The molecule has 0 saturated heterocycles. The zero-order valence-corrected chi connectivity index (χ0v) is 23.7. The fourth-order valence-electron chi connectivity index (χ4n) is 3.41. The second kappa shape index (κ2) is 12.8. The van der Waals surface area contributed by atoms with E-state index in [-0.39, 0.29) is 17.3 Å². The third-order valence-corrected chi connectivity index (χ3v) is 7.99. The lowest BCUT2D eigenvalue weighted by Crippen LogP contribution is -2.38. The molecule has 186 valence electrons. The lowest BCUT2D eigenvalue weighted by Gasteiger charge is -2.26. The van der Waals surface area contributed by atoms with E-state index in [0.717, 1.165) is 27.6 Å². The van der Waals surface area contributed by atoms with E-state index in [2.05, 4.69) is 72.8 Å². The summed E-state index contributed by atoms with van der Waals surface area (Å²) >= 11 is 6.76. The number of halogens is 2. The van der Waals surface area contributed by atoms with E-state index in [1.54, 1.807) is 48.5 Å². The summed E-state index contributed by atoms with van der Waals surface area (Å²) in [5.74, 6) is -0.153. The minimum atomic E-state index is -3.61. The van der Waals surface area contributed by atoms with Crippen molar-refractivity contribution >= 4 is 47.8 Å². The first-order valence-corrected chi connectivity index (χ1v) is 14.3. The Morgan fingerprint density at radius 2 is 1.40 bits per heavy atom. The smallest absolute Gasteiger partial charge is 0.251 e. The predicted molar refractivity (Wildman–Crippen MR) is 147 cm³/mol. The molecular weight excluding hydrogens is 594 g/mol. The van der Waals surface area contributed by atoms with Crippen LogP contribution in [0.15, 0.2) is 86.6 Å². The zero-order chi connectivity index (χ0) is 25.4. The van der Waals surface area contributed by atoms with Gasteiger partial charge in [0.25, 0.3) is 5.91 Å². The Balaban J connectivity index is 1.49. The van der Waals surface area contributed by atoms with Crippen LogP contribution >= 0.6 is 31.9 Å². The molecule has 35 heavy (non-hydrogen) atoms. The first kappa shape index (κ1) is 27.5. The number of hydrogen-bond donors (Lipinski definition) is 2. The molecule has 0 bridgehead atoms. The van der Waals surface area contributed by atoms with Gasteiger partial charge in [-0.3, -0.25) is 9.69 Å². The lowest BCUT2D eigenvalue weighted by atomic mass is 10.1. The van der Waals surface area contributed by atoms with E-state index in [4.69, 9.17) is 0 Å². The topological polar surface area (TPSA) is 78.5 Å². The second-order valence-corrected chi connectivity index (χ2v) is 12.0. The van der Waals surface area contributed by atoms with Gasteiger partial charge in [-0.25, -0.2) is 13.1 Å². The summed E-state index contributed by atoms with van der Waals surface area (Å²) in [4.78, 5) is 15.1.